The third-order valence-electron chi connectivity index (χ3n) is 2.36. The van der Waals surface area contributed by atoms with Crippen molar-refractivity contribution in [3.63, 3.8) is 0 Å². The minimum absolute atomic E-state index is 0.223. The first-order chi connectivity index (χ1) is 8.25. The van der Waals surface area contributed by atoms with E-state index in [1.807, 2.05) is 36.4 Å². The maximum atomic E-state index is 10.4. The molecule has 1 heterocycles. The summed E-state index contributed by atoms with van der Waals surface area (Å²) in [4.78, 5) is 14.9. The molecule has 0 radical (unpaired) electrons. The number of hydrogen-bond acceptors (Lipinski definition) is 3. The molecule has 0 aliphatic carbocycles. The normalized spacial score (nSPS) is 10.6. The molecule has 0 fully saturated rings. The monoisotopic (exact) mass is 247 g/mol. The van der Waals surface area contributed by atoms with E-state index in [-0.39, 0.29) is 6.42 Å². The summed E-state index contributed by atoms with van der Waals surface area (Å²) in [7, 11) is 0. The Morgan fingerprint density at radius 1 is 1.24 bits per heavy atom. The predicted octanol–water partition coefficient (Wildman–Crippen LogP) is 3.19. The molecule has 4 heteroatoms. The number of carbonyl (C=O) groups is 1. The lowest BCUT2D eigenvalue weighted by Crippen LogP contribution is -1.95. The van der Waals surface area contributed by atoms with Gasteiger partial charge in [-0.25, -0.2) is 4.98 Å². The molecule has 1 aromatic heterocycles. The summed E-state index contributed by atoms with van der Waals surface area (Å²) in [5.41, 5.74) is 0.982. The van der Waals surface area contributed by atoms with E-state index in [4.69, 9.17) is 5.11 Å². The highest BCUT2D eigenvalue weighted by atomic mass is 32.2. The number of para-hydroxylation sites is 1. The van der Waals surface area contributed by atoms with Crippen LogP contribution in [0.1, 0.15) is 12.8 Å². The molecule has 0 aliphatic rings. The molecule has 0 spiro atoms. The van der Waals surface area contributed by atoms with E-state index in [2.05, 4.69) is 4.98 Å². The van der Waals surface area contributed by atoms with Crippen molar-refractivity contribution in [3.05, 3.63) is 36.4 Å². The van der Waals surface area contributed by atoms with Crippen LogP contribution in [0.4, 0.5) is 0 Å². The Morgan fingerprint density at radius 2 is 2.06 bits per heavy atom. The first kappa shape index (κ1) is 11.9. The number of carboxylic acid groups (broad SMARTS) is 1. The molecule has 0 saturated carbocycles. The third kappa shape index (κ3) is 3.46. The lowest BCUT2D eigenvalue weighted by atomic mass is 10.2. The standard InChI is InChI=1S/C13H13NO2S/c15-13(16)6-3-9-17-12-8-7-10-4-1-2-5-11(10)14-12/h1-2,4-5,7-8H,3,6,9H2,(H,15,16). The zero-order valence-corrected chi connectivity index (χ0v) is 10.1. The zero-order chi connectivity index (χ0) is 12.1. The van der Waals surface area contributed by atoms with Gasteiger partial charge < -0.3 is 5.11 Å². The van der Waals surface area contributed by atoms with E-state index in [1.165, 1.54) is 0 Å². The van der Waals surface area contributed by atoms with Gasteiger partial charge in [-0.2, -0.15) is 0 Å². The van der Waals surface area contributed by atoms with Gasteiger partial charge in [0.15, 0.2) is 0 Å². The van der Waals surface area contributed by atoms with Crippen molar-refractivity contribution in [2.75, 3.05) is 5.75 Å². The van der Waals surface area contributed by atoms with E-state index in [9.17, 15) is 4.79 Å². The van der Waals surface area contributed by atoms with Gasteiger partial charge in [0.05, 0.1) is 10.5 Å². The number of thioether (sulfide) groups is 1. The predicted molar refractivity (Wildman–Crippen MR) is 69.3 cm³/mol. The molecule has 0 aliphatic heterocycles. The van der Waals surface area contributed by atoms with Crippen LogP contribution >= 0.6 is 11.8 Å². The van der Waals surface area contributed by atoms with Crippen molar-refractivity contribution in [2.45, 2.75) is 17.9 Å². The molecule has 3 nitrogen and oxygen atoms in total. The van der Waals surface area contributed by atoms with Crippen LogP contribution in [0.2, 0.25) is 0 Å². The van der Waals surface area contributed by atoms with E-state index < -0.39 is 5.97 Å². The van der Waals surface area contributed by atoms with E-state index in [0.29, 0.717) is 6.42 Å². The molecule has 88 valence electrons. The highest BCUT2D eigenvalue weighted by molar-refractivity contribution is 7.99. The molecule has 0 atom stereocenters. The number of rotatable bonds is 5. The van der Waals surface area contributed by atoms with Gasteiger partial charge in [-0.1, -0.05) is 24.3 Å². The lowest BCUT2D eigenvalue weighted by Gasteiger charge is -2.02. The van der Waals surface area contributed by atoms with Gasteiger partial charge in [0.25, 0.3) is 0 Å². The Balaban J connectivity index is 1.97. The van der Waals surface area contributed by atoms with Crippen LogP contribution in [0, 0.1) is 0 Å². The Labute approximate surface area is 104 Å². The molecule has 17 heavy (non-hydrogen) atoms. The average molecular weight is 247 g/mol. The number of aromatic nitrogens is 1. The van der Waals surface area contributed by atoms with E-state index in [0.717, 1.165) is 21.7 Å². The second-order valence-electron chi connectivity index (χ2n) is 3.69. The molecular weight excluding hydrogens is 234 g/mol. The first-order valence-electron chi connectivity index (χ1n) is 5.46. The van der Waals surface area contributed by atoms with Crippen LogP contribution < -0.4 is 0 Å². The Kier molecular flexibility index (Phi) is 3.98. The zero-order valence-electron chi connectivity index (χ0n) is 9.30. The molecule has 0 amide bonds. The van der Waals surface area contributed by atoms with Crippen LogP contribution in [-0.4, -0.2) is 21.8 Å². The molecule has 1 aromatic carbocycles. The summed E-state index contributed by atoms with van der Waals surface area (Å²) in [5.74, 6) is 0.0505. The minimum Gasteiger partial charge on any atom is -0.481 e. The Hall–Kier alpha value is -1.55. The summed E-state index contributed by atoms with van der Waals surface area (Å²) in [6.07, 6.45) is 0.898. The fraction of sp³-hybridized carbons (Fsp3) is 0.231. The maximum Gasteiger partial charge on any atom is 0.303 e. The molecule has 2 aromatic rings. The molecule has 0 saturated heterocycles. The summed E-state index contributed by atoms with van der Waals surface area (Å²) >= 11 is 1.60. The topological polar surface area (TPSA) is 50.2 Å². The van der Waals surface area contributed by atoms with Gasteiger partial charge >= 0.3 is 5.97 Å². The summed E-state index contributed by atoms with van der Waals surface area (Å²) in [6, 6.07) is 12.0. The van der Waals surface area contributed by atoms with Gasteiger partial charge in [0.2, 0.25) is 0 Å². The van der Waals surface area contributed by atoms with Crippen LogP contribution in [0.5, 0.6) is 0 Å². The van der Waals surface area contributed by atoms with Crippen molar-refractivity contribution in [2.24, 2.45) is 0 Å². The van der Waals surface area contributed by atoms with Crippen molar-refractivity contribution < 1.29 is 9.90 Å². The lowest BCUT2D eigenvalue weighted by molar-refractivity contribution is -0.137. The average Bonchev–Trinajstić information content (AvgIpc) is 2.34. The maximum absolute atomic E-state index is 10.4. The number of fused-ring (bicyclic) bond motifs is 1. The first-order valence-corrected chi connectivity index (χ1v) is 6.44. The highest BCUT2D eigenvalue weighted by Gasteiger charge is 2.00. The fourth-order valence-electron chi connectivity index (χ4n) is 1.53. The fourth-order valence-corrected chi connectivity index (χ4v) is 2.35. The number of nitrogens with zero attached hydrogens (tertiary/aromatic N) is 1. The summed E-state index contributed by atoms with van der Waals surface area (Å²) in [5, 5.41) is 10.6. The smallest absolute Gasteiger partial charge is 0.303 e. The molecule has 2 rings (SSSR count). The third-order valence-corrected chi connectivity index (χ3v) is 3.37. The number of aliphatic carboxylic acids is 1. The van der Waals surface area contributed by atoms with Gasteiger partial charge in [0, 0.05) is 17.6 Å². The van der Waals surface area contributed by atoms with Crippen LogP contribution in [0.3, 0.4) is 0 Å². The van der Waals surface area contributed by atoms with Gasteiger partial charge in [-0.3, -0.25) is 4.79 Å². The number of carboxylic acids is 1. The van der Waals surface area contributed by atoms with Crippen molar-refractivity contribution >= 4 is 28.6 Å². The van der Waals surface area contributed by atoms with Crippen molar-refractivity contribution in [1.29, 1.82) is 0 Å². The molecule has 0 unspecified atom stereocenters. The van der Waals surface area contributed by atoms with Gasteiger partial charge in [-0.05, 0) is 18.6 Å². The molecule has 1 N–H and O–H groups in total. The van der Waals surface area contributed by atoms with Gasteiger partial charge in [-0.15, -0.1) is 11.8 Å². The number of benzene rings is 1. The second kappa shape index (κ2) is 5.68. The van der Waals surface area contributed by atoms with Crippen molar-refractivity contribution in [3.8, 4) is 0 Å². The SMILES string of the molecule is O=C(O)CCCSc1ccc2ccccc2n1. The highest BCUT2D eigenvalue weighted by Crippen LogP contribution is 2.20. The van der Waals surface area contributed by atoms with E-state index in [1.54, 1.807) is 11.8 Å². The summed E-state index contributed by atoms with van der Waals surface area (Å²) < 4.78 is 0. The van der Waals surface area contributed by atoms with Gasteiger partial charge in [0.1, 0.15) is 0 Å². The Morgan fingerprint density at radius 3 is 2.88 bits per heavy atom. The summed E-state index contributed by atoms with van der Waals surface area (Å²) in [6.45, 7) is 0. The van der Waals surface area contributed by atoms with Crippen LogP contribution in [-0.2, 0) is 4.79 Å². The Bertz CT molecular complexity index is 528. The van der Waals surface area contributed by atoms with Crippen molar-refractivity contribution in [1.82, 2.24) is 4.98 Å². The number of hydrogen-bond donors (Lipinski definition) is 1. The van der Waals surface area contributed by atoms with Crippen LogP contribution in [0.25, 0.3) is 10.9 Å². The molecular formula is C13H13NO2S. The largest absolute Gasteiger partial charge is 0.481 e. The van der Waals surface area contributed by atoms with Crippen LogP contribution in [0.15, 0.2) is 41.4 Å². The second-order valence-corrected chi connectivity index (χ2v) is 4.80. The van der Waals surface area contributed by atoms with E-state index >= 15 is 0 Å². The number of pyridine rings is 1. The molecule has 0 bridgehead atoms. The quantitative estimate of drug-likeness (QED) is 0.651. The minimum atomic E-state index is -0.739.